The number of hydrogen-bond donors (Lipinski definition) is 1. The van der Waals surface area contributed by atoms with Crippen LogP contribution < -0.4 is 5.32 Å². The second-order valence-corrected chi connectivity index (χ2v) is 5.68. The summed E-state index contributed by atoms with van der Waals surface area (Å²) in [5, 5.41) is 14.3. The van der Waals surface area contributed by atoms with E-state index in [9.17, 15) is 14.9 Å². The Hall–Kier alpha value is -2.96. The lowest BCUT2D eigenvalue weighted by Crippen LogP contribution is -2.32. The number of amides is 1. The molecule has 1 saturated heterocycles. The Morgan fingerprint density at radius 1 is 1.25 bits per heavy atom. The molecule has 1 aromatic carbocycles. The van der Waals surface area contributed by atoms with E-state index in [2.05, 4.69) is 10.3 Å². The number of hydrogen-bond acceptors (Lipinski definition) is 5. The van der Waals surface area contributed by atoms with Crippen molar-refractivity contribution >= 4 is 17.4 Å². The maximum absolute atomic E-state index is 11.9. The third-order valence-corrected chi connectivity index (χ3v) is 4.07. The number of nitro groups is 1. The van der Waals surface area contributed by atoms with Crippen LogP contribution in [-0.2, 0) is 4.79 Å². The minimum Gasteiger partial charge on any atom is -0.356 e. The molecule has 0 spiro atoms. The molecule has 7 heteroatoms. The Balaban J connectivity index is 1.88. The molecule has 2 aromatic rings. The number of pyridine rings is 1. The first kappa shape index (κ1) is 15.9. The van der Waals surface area contributed by atoms with Crippen molar-refractivity contribution in [3.05, 3.63) is 64.3 Å². The standard InChI is InChI=1S/C17H18N4O3/c22-16-9-5-11-20(16)12-14(13-6-2-1-3-7-13)19-17-15(21(23)24)8-4-10-18-17/h1-4,6-8,10,14H,5,9,11-12H2,(H,18,19)/t14-/m1/s1. The molecule has 3 rings (SSSR count). The van der Waals surface area contributed by atoms with Crippen LogP contribution in [0.25, 0.3) is 0 Å². The van der Waals surface area contributed by atoms with Crippen LogP contribution in [-0.4, -0.2) is 33.8 Å². The first-order valence-electron chi connectivity index (χ1n) is 7.84. The van der Waals surface area contributed by atoms with Gasteiger partial charge in [0.05, 0.1) is 11.0 Å². The molecule has 2 heterocycles. The molecule has 0 radical (unpaired) electrons. The lowest BCUT2D eigenvalue weighted by Gasteiger charge is -2.25. The van der Waals surface area contributed by atoms with E-state index in [0.717, 1.165) is 12.0 Å². The Labute approximate surface area is 139 Å². The van der Waals surface area contributed by atoms with Gasteiger partial charge < -0.3 is 10.2 Å². The molecule has 124 valence electrons. The maximum atomic E-state index is 11.9. The Morgan fingerprint density at radius 3 is 2.71 bits per heavy atom. The molecular formula is C17H18N4O3. The van der Waals surface area contributed by atoms with Crippen molar-refractivity contribution in [3.8, 4) is 0 Å². The molecule has 0 aliphatic carbocycles. The number of aromatic nitrogens is 1. The molecular weight excluding hydrogens is 308 g/mol. The zero-order valence-corrected chi connectivity index (χ0v) is 13.1. The minimum atomic E-state index is -0.460. The highest BCUT2D eigenvalue weighted by Crippen LogP contribution is 2.27. The third kappa shape index (κ3) is 3.51. The van der Waals surface area contributed by atoms with E-state index in [1.54, 1.807) is 4.90 Å². The maximum Gasteiger partial charge on any atom is 0.311 e. The number of anilines is 1. The number of nitrogens with one attached hydrogen (secondary N) is 1. The van der Waals surface area contributed by atoms with Crippen molar-refractivity contribution in [1.29, 1.82) is 0 Å². The van der Waals surface area contributed by atoms with E-state index < -0.39 is 4.92 Å². The molecule has 0 bridgehead atoms. The lowest BCUT2D eigenvalue weighted by molar-refractivity contribution is -0.384. The number of rotatable bonds is 6. The first-order valence-corrected chi connectivity index (χ1v) is 7.84. The van der Waals surface area contributed by atoms with Gasteiger partial charge >= 0.3 is 5.69 Å². The molecule has 1 aliphatic rings. The highest BCUT2D eigenvalue weighted by Gasteiger charge is 2.26. The normalized spacial score (nSPS) is 15.3. The van der Waals surface area contributed by atoms with Crippen LogP contribution in [0.5, 0.6) is 0 Å². The highest BCUT2D eigenvalue weighted by molar-refractivity contribution is 5.78. The average Bonchev–Trinajstić information content (AvgIpc) is 3.00. The van der Waals surface area contributed by atoms with Crippen LogP contribution in [0.1, 0.15) is 24.4 Å². The molecule has 7 nitrogen and oxygen atoms in total. The van der Waals surface area contributed by atoms with Crippen LogP contribution in [0.3, 0.4) is 0 Å². The summed E-state index contributed by atoms with van der Waals surface area (Å²) in [7, 11) is 0. The van der Waals surface area contributed by atoms with Gasteiger partial charge in [0.1, 0.15) is 0 Å². The quantitative estimate of drug-likeness (QED) is 0.651. The van der Waals surface area contributed by atoms with Crippen LogP contribution in [0, 0.1) is 10.1 Å². The molecule has 1 aromatic heterocycles. The molecule has 0 unspecified atom stereocenters. The molecule has 1 amide bonds. The number of benzene rings is 1. The summed E-state index contributed by atoms with van der Waals surface area (Å²) in [5.41, 5.74) is 0.878. The minimum absolute atomic E-state index is 0.0776. The predicted octanol–water partition coefficient (Wildman–Crippen LogP) is 2.77. The van der Waals surface area contributed by atoms with E-state index in [1.165, 1.54) is 18.3 Å². The molecule has 0 saturated carbocycles. The molecule has 1 atom stereocenters. The van der Waals surface area contributed by atoms with Crippen LogP contribution in [0.2, 0.25) is 0 Å². The molecule has 24 heavy (non-hydrogen) atoms. The third-order valence-electron chi connectivity index (χ3n) is 4.07. The summed E-state index contributed by atoms with van der Waals surface area (Å²) in [6.07, 6.45) is 2.92. The van der Waals surface area contributed by atoms with Gasteiger partial charge in [0.25, 0.3) is 0 Å². The number of carbonyl (C=O) groups excluding carboxylic acids is 1. The summed E-state index contributed by atoms with van der Waals surface area (Å²) in [5.74, 6) is 0.330. The van der Waals surface area contributed by atoms with E-state index in [4.69, 9.17) is 0 Å². The number of carbonyl (C=O) groups is 1. The molecule has 1 fully saturated rings. The van der Waals surface area contributed by atoms with E-state index in [1.807, 2.05) is 30.3 Å². The Morgan fingerprint density at radius 2 is 2.04 bits per heavy atom. The number of likely N-dealkylation sites (tertiary alicyclic amines) is 1. The first-order chi connectivity index (χ1) is 11.6. The van der Waals surface area contributed by atoms with Gasteiger partial charge in [0.15, 0.2) is 0 Å². The van der Waals surface area contributed by atoms with Gasteiger partial charge in [-0.05, 0) is 18.1 Å². The summed E-state index contributed by atoms with van der Waals surface area (Å²) >= 11 is 0. The molecule has 1 aliphatic heterocycles. The van der Waals surface area contributed by atoms with Crippen molar-refractivity contribution < 1.29 is 9.72 Å². The predicted molar refractivity (Wildman–Crippen MR) is 89.5 cm³/mol. The van der Waals surface area contributed by atoms with Gasteiger partial charge in [0.2, 0.25) is 11.7 Å². The largest absolute Gasteiger partial charge is 0.356 e. The van der Waals surface area contributed by atoms with Crippen molar-refractivity contribution in [2.75, 3.05) is 18.4 Å². The summed E-state index contributed by atoms with van der Waals surface area (Å²) in [4.78, 5) is 28.6. The summed E-state index contributed by atoms with van der Waals surface area (Å²) < 4.78 is 0. The van der Waals surface area contributed by atoms with Crippen molar-refractivity contribution in [1.82, 2.24) is 9.88 Å². The lowest BCUT2D eigenvalue weighted by atomic mass is 10.1. The van der Waals surface area contributed by atoms with E-state index in [0.29, 0.717) is 19.5 Å². The summed E-state index contributed by atoms with van der Waals surface area (Å²) in [6, 6.07) is 12.3. The highest BCUT2D eigenvalue weighted by atomic mass is 16.6. The second kappa shape index (κ2) is 7.08. The van der Waals surface area contributed by atoms with Crippen LogP contribution in [0.4, 0.5) is 11.5 Å². The van der Waals surface area contributed by atoms with Crippen molar-refractivity contribution in [2.24, 2.45) is 0 Å². The fraction of sp³-hybridized carbons (Fsp3) is 0.294. The Bertz CT molecular complexity index is 736. The van der Waals surface area contributed by atoms with E-state index >= 15 is 0 Å². The van der Waals surface area contributed by atoms with Gasteiger partial charge in [0, 0.05) is 31.8 Å². The van der Waals surface area contributed by atoms with Gasteiger partial charge in [-0.1, -0.05) is 30.3 Å². The second-order valence-electron chi connectivity index (χ2n) is 5.68. The smallest absolute Gasteiger partial charge is 0.311 e. The number of nitrogens with zero attached hydrogens (tertiary/aromatic N) is 3. The van der Waals surface area contributed by atoms with E-state index in [-0.39, 0.29) is 23.5 Å². The monoisotopic (exact) mass is 326 g/mol. The van der Waals surface area contributed by atoms with Gasteiger partial charge in [-0.15, -0.1) is 0 Å². The SMILES string of the molecule is O=C1CCCN1C[C@@H](Nc1ncccc1[N+](=O)[O-])c1ccccc1. The van der Waals surface area contributed by atoms with Crippen LogP contribution in [0.15, 0.2) is 48.7 Å². The van der Waals surface area contributed by atoms with Crippen molar-refractivity contribution in [3.63, 3.8) is 0 Å². The zero-order chi connectivity index (χ0) is 16.9. The average molecular weight is 326 g/mol. The fourth-order valence-electron chi connectivity index (χ4n) is 2.86. The van der Waals surface area contributed by atoms with Gasteiger partial charge in [-0.3, -0.25) is 14.9 Å². The van der Waals surface area contributed by atoms with Crippen molar-refractivity contribution in [2.45, 2.75) is 18.9 Å². The van der Waals surface area contributed by atoms with Crippen LogP contribution >= 0.6 is 0 Å². The zero-order valence-electron chi connectivity index (χ0n) is 13.1. The fourth-order valence-corrected chi connectivity index (χ4v) is 2.86. The van der Waals surface area contributed by atoms with Gasteiger partial charge in [-0.2, -0.15) is 0 Å². The topological polar surface area (TPSA) is 88.4 Å². The molecule has 1 N–H and O–H groups in total. The summed E-state index contributed by atoms with van der Waals surface area (Å²) in [6.45, 7) is 1.17. The van der Waals surface area contributed by atoms with Gasteiger partial charge in [-0.25, -0.2) is 4.98 Å². The Kier molecular flexibility index (Phi) is 4.69.